The average Bonchev–Trinajstić information content (AvgIpc) is 3.41. The molecule has 0 spiro atoms. The van der Waals surface area contributed by atoms with Gasteiger partial charge in [-0.25, -0.2) is 4.98 Å². The first-order chi connectivity index (χ1) is 15.7. The summed E-state index contributed by atoms with van der Waals surface area (Å²) in [5, 5.41) is 0. The van der Waals surface area contributed by atoms with Crippen molar-refractivity contribution >= 4 is 10.1 Å². The molecule has 3 aromatic rings. The van der Waals surface area contributed by atoms with Gasteiger partial charge in [0, 0.05) is 18.8 Å². The quantitative estimate of drug-likeness (QED) is 0.441. The lowest BCUT2D eigenvalue weighted by Gasteiger charge is -2.28. The van der Waals surface area contributed by atoms with E-state index in [0.717, 1.165) is 12.0 Å². The van der Waals surface area contributed by atoms with E-state index in [2.05, 4.69) is 37.0 Å². The van der Waals surface area contributed by atoms with E-state index < -0.39 is 22.0 Å². The fraction of sp³-hybridized carbons (Fsp3) is 0.400. The van der Waals surface area contributed by atoms with Crippen LogP contribution in [0.1, 0.15) is 28.7 Å². The molecule has 1 aromatic heterocycles. The van der Waals surface area contributed by atoms with Crippen LogP contribution in [0.25, 0.3) is 0 Å². The Hall–Kier alpha value is -2.52. The van der Waals surface area contributed by atoms with Crippen molar-refractivity contribution in [3.63, 3.8) is 0 Å². The molecule has 4 rings (SSSR count). The van der Waals surface area contributed by atoms with Gasteiger partial charge in [-0.3, -0.25) is 4.18 Å². The third-order valence-corrected chi connectivity index (χ3v) is 6.99. The highest BCUT2D eigenvalue weighted by Crippen LogP contribution is 2.32. The van der Waals surface area contributed by atoms with Gasteiger partial charge in [0.2, 0.25) is 0 Å². The molecular weight excluding hydrogens is 440 g/mol. The Labute approximate surface area is 195 Å². The maximum atomic E-state index is 12.6. The molecule has 2 aromatic carbocycles. The largest absolute Gasteiger partial charge is 0.345 e. The summed E-state index contributed by atoms with van der Waals surface area (Å²) in [4.78, 5) is 4.24. The lowest BCUT2D eigenvalue weighted by atomic mass is 10.0. The highest BCUT2D eigenvalue weighted by atomic mass is 32.2. The van der Waals surface area contributed by atoms with Crippen molar-refractivity contribution in [2.75, 3.05) is 13.2 Å². The van der Waals surface area contributed by atoms with Gasteiger partial charge in [0.25, 0.3) is 10.1 Å². The summed E-state index contributed by atoms with van der Waals surface area (Å²) in [6, 6.07) is 13.1. The van der Waals surface area contributed by atoms with Crippen LogP contribution in [0.5, 0.6) is 0 Å². The third-order valence-electron chi connectivity index (χ3n) is 5.69. The molecule has 2 atom stereocenters. The van der Waals surface area contributed by atoms with Crippen molar-refractivity contribution < 1.29 is 22.1 Å². The second-order valence-corrected chi connectivity index (χ2v) is 10.4. The van der Waals surface area contributed by atoms with Crippen molar-refractivity contribution in [3.8, 4) is 0 Å². The zero-order valence-electron chi connectivity index (χ0n) is 19.2. The maximum absolute atomic E-state index is 12.6. The summed E-state index contributed by atoms with van der Waals surface area (Å²) >= 11 is 0. The SMILES string of the molecule is Cc1ccc(S(=O)(=O)OCC2COC(CCc3cc(C)cc(C)c3)(Cn3ccnc3)O2)cc1. The van der Waals surface area contributed by atoms with Gasteiger partial charge in [-0.05, 0) is 44.9 Å². The van der Waals surface area contributed by atoms with Crippen molar-refractivity contribution in [2.24, 2.45) is 0 Å². The smallest absolute Gasteiger partial charge is 0.297 e. The van der Waals surface area contributed by atoms with Crippen LogP contribution >= 0.6 is 0 Å². The molecule has 1 aliphatic rings. The predicted octanol–water partition coefficient (Wildman–Crippen LogP) is 3.96. The summed E-state index contributed by atoms with van der Waals surface area (Å²) in [5.41, 5.74) is 4.63. The topological polar surface area (TPSA) is 79.7 Å². The van der Waals surface area contributed by atoms with E-state index in [0.29, 0.717) is 13.0 Å². The number of benzene rings is 2. The average molecular weight is 471 g/mol. The number of ether oxygens (including phenoxy) is 2. The van der Waals surface area contributed by atoms with Gasteiger partial charge in [-0.15, -0.1) is 0 Å². The lowest BCUT2D eigenvalue weighted by Crippen LogP contribution is -2.37. The lowest BCUT2D eigenvalue weighted by molar-refractivity contribution is -0.184. The van der Waals surface area contributed by atoms with E-state index in [4.69, 9.17) is 13.7 Å². The van der Waals surface area contributed by atoms with E-state index in [1.165, 1.54) is 16.7 Å². The molecule has 1 fully saturated rings. The minimum atomic E-state index is -3.87. The molecule has 2 heterocycles. The van der Waals surface area contributed by atoms with Crippen LogP contribution in [0.15, 0.2) is 66.1 Å². The molecule has 2 unspecified atom stereocenters. The highest BCUT2D eigenvalue weighted by Gasteiger charge is 2.42. The van der Waals surface area contributed by atoms with Crippen LogP contribution in [0.2, 0.25) is 0 Å². The summed E-state index contributed by atoms with van der Waals surface area (Å²) < 4.78 is 44.8. The first kappa shape index (κ1) is 23.6. The first-order valence-corrected chi connectivity index (χ1v) is 12.4. The number of imidazole rings is 1. The van der Waals surface area contributed by atoms with E-state index in [1.807, 2.05) is 17.7 Å². The number of hydrogen-bond acceptors (Lipinski definition) is 6. The minimum absolute atomic E-state index is 0.106. The van der Waals surface area contributed by atoms with Crippen molar-refractivity contribution in [1.29, 1.82) is 0 Å². The molecule has 0 N–H and O–H groups in total. The molecule has 0 amide bonds. The van der Waals surface area contributed by atoms with Gasteiger partial charge in [0.15, 0.2) is 5.79 Å². The van der Waals surface area contributed by atoms with Gasteiger partial charge in [0.1, 0.15) is 6.10 Å². The summed E-state index contributed by atoms with van der Waals surface area (Å²) in [6.07, 6.45) is 6.18. The molecule has 0 radical (unpaired) electrons. The molecule has 0 aliphatic carbocycles. The first-order valence-electron chi connectivity index (χ1n) is 11.0. The van der Waals surface area contributed by atoms with Crippen molar-refractivity contribution in [1.82, 2.24) is 9.55 Å². The summed E-state index contributed by atoms with van der Waals surface area (Å²) in [7, 11) is -3.87. The fourth-order valence-corrected chi connectivity index (χ4v) is 5.07. The Kier molecular flexibility index (Phi) is 6.99. The molecule has 0 saturated carbocycles. The number of aryl methyl sites for hydroxylation is 4. The number of nitrogens with zero attached hydrogens (tertiary/aromatic N) is 2. The van der Waals surface area contributed by atoms with Gasteiger partial charge < -0.3 is 14.0 Å². The highest BCUT2D eigenvalue weighted by molar-refractivity contribution is 7.86. The van der Waals surface area contributed by atoms with Crippen LogP contribution in [0.3, 0.4) is 0 Å². The predicted molar refractivity (Wildman–Crippen MR) is 124 cm³/mol. The van der Waals surface area contributed by atoms with Crippen LogP contribution in [-0.4, -0.2) is 43.1 Å². The van der Waals surface area contributed by atoms with Crippen LogP contribution in [-0.2, 0) is 36.7 Å². The van der Waals surface area contributed by atoms with E-state index in [1.54, 1.807) is 36.8 Å². The zero-order valence-corrected chi connectivity index (χ0v) is 20.0. The van der Waals surface area contributed by atoms with Gasteiger partial charge in [-0.2, -0.15) is 8.42 Å². The van der Waals surface area contributed by atoms with Gasteiger partial charge in [0.05, 0.1) is 31.0 Å². The molecule has 8 heteroatoms. The molecule has 7 nitrogen and oxygen atoms in total. The zero-order chi connectivity index (χ0) is 23.5. The van der Waals surface area contributed by atoms with Crippen LogP contribution in [0, 0.1) is 20.8 Å². The standard InChI is InChI=1S/C25H30N2O5S/c1-19-4-6-24(7-5-19)33(28,29)31-16-23-15-30-25(32-23,17-27-11-10-26-18-27)9-8-22-13-20(2)12-21(3)14-22/h4-7,10-14,18,23H,8-9,15-17H2,1-3H3. The van der Waals surface area contributed by atoms with E-state index >= 15 is 0 Å². The van der Waals surface area contributed by atoms with Gasteiger partial charge in [-0.1, -0.05) is 47.0 Å². The number of rotatable bonds is 9. The summed E-state index contributed by atoms with van der Waals surface area (Å²) in [5.74, 6) is -0.889. The van der Waals surface area contributed by atoms with E-state index in [-0.39, 0.29) is 18.1 Å². The molecular formula is C25H30N2O5S. The van der Waals surface area contributed by atoms with Crippen LogP contribution in [0.4, 0.5) is 0 Å². The molecule has 1 saturated heterocycles. The Morgan fingerprint density at radius 1 is 1.09 bits per heavy atom. The Morgan fingerprint density at radius 2 is 1.82 bits per heavy atom. The monoisotopic (exact) mass is 470 g/mol. The number of aromatic nitrogens is 2. The minimum Gasteiger partial charge on any atom is -0.345 e. The van der Waals surface area contributed by atoms with Crippen LogP contribution < -0.4 is 0 Å². The van der Waals surface area contributed by atoms with E-state index in [9.17, 15) is 8.42 Å². The van der Waals surface area contributed by atoms with Crippen molar-refractivity contribution in [3.05, 3.63) is 83.4 Å². The number of hydrogen-bond donors (Lipinski definition) is 0. The molecule has 0 bridgehead atoms. The molecule has 1 aliphatic heterocycles. The van der Waals surface area contributed by atoms with Gasteiger partial charge >= 0.3 is 0 Å². The molecule has 176 valence electrons. The fourth-order valence-electron chi connectivity index (χ4n) is 4.14. The van der Waals surface area contributed by atoms with Crippen molar-refractivity contribution in [2.45, 2.75) is 56.9 Å². The Balaban J connectivity index is 1.44. The second kappa shape index (κ2) is 9.77. The maximum Gasteiger partial charge on any atom is 0.297 e. The molecule has 33 heavy (non-hydrogen) atoms. The second-order valence-electron chi connectivity index (χ2n) is 8.74. The third kappa shape index (κ3) is 6.09. The normalized spacial score (nSPS) is 20.9. The summed E-state index contributed by atoms with van der Waals surface area (Å²) in [6.45, 7) is 6.68. The Bertz CT molecular complexity index is 1160. The Morgan fingerprint density at radius 3 is 2.48 bits per heavy atom.